The van der Waals surface area contributed by atoms with Crippen LogP contribution in [0.1, 0.15) is 27.7 Å². The first kappa shape index (κ1) is 8.79. The molecule has 0 aliphatic carbocycles. The van der Waals surface area contributed by atoms with E-state index in [2.05, 4.69) is 39.2 Å². The van der Waals surface area contributed by atoms with E-state index < -0.39 is 0 Å². The molecule has 0 saturated carbocycles. The number of likely N-dealkylation sites (tertiary alicyclic amines) is 1. The van der Waals surface area contributed by atoms with E-state index >= 15 is 0 Å². The van der Waals surface area contributed by atoms with Gasteiger partial charge in [-0.25, -0.2) is 0 Å². The minimum Gasteiger partial charge on any atom is -0.294 e. The molecule has 64 valence electrons. The summed E-state index contributed by atoms with van der Waals surface area (Å²) in [5.41, 5.74) is 1.70. The molecule has 0 N–H and O–H groups in total. The molecule has 1 fully saturated rings. The summed E-state index contributed by atoms with van der Waals surface area (Å²) in [5.74, 6) is 0.689. The molecule has 1 heteroatoms. The average molecular weight is 153 g/mol. The van der Waals surface area contributed by atoms with Gasteiger partial charge in [-0.05, 0) is 26.7 Å². The summed E-state index contributed by atoms with van der Waals surface area (Å²) < 4.78 is 0. The van der Waals surface area contributed by atoms with Crippen LogP contribution in [0, 0.1) is 5.92 Å². The monoisotopic (exact) mass is 153 g/mol. The Bertz CT molecular complexity index is 164. The van der Waals surface area contributed by atoms with E-state index in [-0.39, 0.29) is 0 Å². The number of hydrogen-bond donors (Lipinski definition) is 0. The van der Waals surface area contributed by atoms with Crippen molar-refractivity contribution >= 4 is 0 Å². The molecule has 0 spiro atoms. The minimum atomic E-state index is 0.313. The fraction of sp³-hybridized carbons (Fsp3) is 0.800. The molecular formula is C10H19N. The maximum Gasteiger partial charge on any atom is 0.0198 e. The molecule has 0 radical (unpaired) electrons. The lowest BCUT2D eigenvalue weighted by molar-refractivity contribution is 0.171. The van der Waals surface area contributed by atoms with Crippen molar-refractivity contribution in [1.82, 2.24) is 4.90 Å². The SMILES string of the molecule is C=C1CN(C(C)(C)C)CC1C. The van der Waals surface area contributed by atoms with Gasteiger partial charge >= 0.3 is 0 Å². The molecule has 1 saturated heterocycles. The van der Waals surface area contributed by atoms with E-state index in [9.17, 15) is 0 Å². The van der Waals surface area contributed by atoms with Crippen LogP contribution in [0.2, 0.25) is 0 Å². The van der Waals surface area contributed by atoms with Gasteiger partial charge in [-0.3, -0.25) is 4.90 Å². The molecule has 0 bridgehead atoms. The van der Waals surface area contributed by atoms with Crippen LogP contribution in [-0.2, 0) is 0 Å². The summed E-state index contributed by atoms with van der Waals surface area (Å²) in [6, 6.07) is 0. The van der Waals surface area contributed by atoms with Crippen LogP contribution in [0.4, 0.5) is 0 Å². The average Bonchev–Trinajstić information content (AvgIpc) is 2.11. The highest BCUT2D eigenvalue weighted by Gasteiger charge is 2.29. The molecule has 1 unspecified atom stereocenters. The first-order chi connectivity index (χ1) is 4.91. The van der Waals surface area contributed by atoms with Crippen LogP contribution in [0.15, 0.2) is 12.2 Å². The largest absolute Gasteiger partial charge is 0.294 e. The van der Waals surface area contributed by atoms with Gasteiger partial charge in [-0.15, -0.1) is 0 Å². The van der Waals surface area contributed by atoms with Crippen molar-refractivity contribution in [3.8, 4) is 0 Å². The Labute approximate surface area is 70.1 Å². The van der Waals surface area contributed by atoms with Crippen molar-refractivity contribution in [3.05, 3.63) is 12.2 Å². The second-order valence-electron chi connectivity index (χ2n) is 4.61. The van der Waals surface area contributed by atoms with Crippen LogP contribution in [-0.4, -0.2) is 23.5 Å². The highest BCUT2D eigenvalue weighted by atomic mass is 15.2. The van der Waals surface area contributed by atoms with Crippen LogP contribution in [0.25, 0.3) is 0 Å². The molecule has 1 nitrogen and oxygen atoms in total. The Morgan fingerprint density at radius 3 is 2.18 bits per heavy atom. The van der Waals surface area contributed by atoms with E-state index in [1.165, 1.54) is 12.1 Å². The molecule has 1 aliphatic heterocycles. The summed E-state index contributed by atoms with van der Waals surface area (Å²) in [4.78, 5) is 2.49. The molecule has 11 heavy (non-hydrogen) atoms. The van der Waals surface area contributed by atoms with E-state index in [4.69, 9.17) is 0 Å². The Hall–Kier alpha value is -0.300. The zero-order chi connectivity index (χ0) is 8.65. The maximum atomic E-state index is 4.06. The highest BCUT2D eigenvalue weighted by molar-refractivity contribution is 5.10. The van der Waals surface area contributed by atoms with E-state index in [1.54, 1.807) is 0 Å². The lowest BCUT2D eigenvalue weighted by Gasteiger charge is -2.31. The first-order valence-corrected chi connectivity index (χ1v) is 4.34. The molecule has 1 rings (SSSR count). The minimum absolute atomic E-state index is 0.313. The molecule has 1 atom stereocenters. The molecular weight excluding hydrogens is 134 g/mol. The van der Waals surface area contributed by atoms with Crippen LogP contribution < -0.4 is 0 Å². The van der Waals surface area contributed by atoms with Gasteiger partial charge in [0.15, 0.2) is 0 Å². The Balaban J connectivity index is 2.61. The van der Waals surface area contributed by atoms with Gasteiger partial charge in [0.05, 0.1) is 0 Å². The summed E-state index contributed by atoms with van der Waals surface area (Å²) in [5, 5.41) is 0. The van der Waals surface area contributed by atoms with Crippen LogP contribution in [0.3, 0.4) is 0 Å². The Morgan fingerprint density at radius 1 is 1.45 bits per heavy atom. The van der Waals surface area contributed by atoms with Crippen molar-refractivity contribution in [1.29, 1.82) is 0 Å². The summed E-state index contributed by atoms with van der Waals surface area (Å²) in [6.07, 6.45) is 0. The first-order valence-electron chi connectivity index (χ1n) is 4.34. The van der Waals surface area contributed by atoms with E-state index in [1.807, 2.05) is 0 Å². The summed E-state index contributed by atoms with van der Waals surface area (Å²) in [6.45, 7) is 15.4. The molecule has 0 aromatic rings. The third-order valence-electron chi connectivity index (χ3n) is 2.53. The predicted octanol–water partition coefficient (Wildman–Crippen LogP) is 2.29. The van der Waals surface area contributed by atoms with Gasteiger partial charge in [0, 0.05) is 18.6 Å². The molecule has 0 aromatic carbocycles. The Morgan fingerprint density at radius 2 is 2.00 bits per heavy atom. The normalized spacial score (nSPS) is 28.0. The fourth-order valence-electron chi connectivity index (χ4n) is 1.44. The van der Waals surface area contributed by atoms with E-state index in [0.29, 0.717) is 11.5 Å². The van der Waals surface area contributed by atoms with Gasteiger partial charge in [0.25, 0.3) is 0 Å². The lowest BCUT2D eigenvalue weighted by Crippen LogP contribution is -2.39. The molecule has 0 aromatic heterocycles. The molecule has 1 heterocycles. The predicted molar refractivity (Wildman–Crippen MR) is 49.6 cm³/mol. The van der Waals surface area contributed by atoms with Gasteiger partial charge in [-0.1, -0.05) is 19.1 Å². The quantitative estimate of drug-likeness (QED) is 0.483. The fourth-order valence-corrected chi connectivity index (χ4v) is 1.44. The molecule has 1 aliphatic rings. The number of hydrogen-bond acceptors (Lipinski definition) is 1. The van der Waals surface area contributed by atoms with Crippen molar-refractivity contribution < 1.29 is 0 Å². The zero-order valence-electron chi connectivity index (χ0n) is 8.15. The second-order valence-corrected chi connectivity index (χ2v) is 4.61. The summed E-state index contributed by atoms with van der Waals surface area (Å²) in [7, 11) is 0. The number of rotatable bonds is 0. The molecule has 0 amide bonds. The maximum absolute atomic E-state index is 4.06. The van der Waals surface area contributed by atoms with E-state index in [0.717, 1.165) is 6.54 Å². The smallest absolute Gasteiger partial charge is 0.0198 e. The third-order valence-corrected chi connectivity index (χ3v) is 2.53. The van der Waals surface area contributed by atoms with Crippen LogP contribution >= 0.6 is 0 Å². The standard InChI is InChI=1S/C10H19N/c1-8-6-11(7-9(8)2)10(3,4)5/h9H,1,6-7H2,2-5H3. The second kappa shape index (κ2) is 2.63. The topological polar surface area (TPSA) is 3.24 Å². The van der Waals surface area contributed by atoms with Gasteiger partial charge in [-0.2, -0.15) is 0 Å². The summed E-state index contributed by atoms with van der Waals surface area (Å²) >= 11 is 0. The van der Waals surface area contributed by atoms with Gasteiger partial charge < -0.3 is 0 Å². The van der Waals surface area contributed by atoms with Crippen molar-refractivity contribution in [2.24, 2.45) is 5.92 Å². The van der Waals surface area contributed by atoms with Gasteiger partial charge in [0.2, 0.25) is 0 Å². The lowest BCUT2D eigenvalue weighted by atomic mass is 10.1. The highest BCUT2D eigenvalue weighted by Crippen LogP contribution is 2.26. The van der Waals surface area contributed by atoms with Gasteiger partial charge in [0.1, 0.15) is 0 Å². The van der Waals surface area contributed by atoms with Crippen molar-refractivity contribution in [2.45, 2.75) is 33.2 Å². The Kier molecular flexibility index (Phi) is 2.10. The third kappa shape index (κ3) is 1.84. The zero-order valence-corrected chi connectivity index (χ0v) is 8.15. The van der Waals surface area contributed by atoms with Crippen molar-refractivity contribution in [2.75, 3.05) is 13.1 Å². The van der Waals surface area contributed by atoms with Crippen LogP contribution in [0.5, 0.6) is 0 Å². The number of nitrogens with zero attached hydrogens (tertiary/aromatic N) is 1. The van der Waals surface area contributed by atoms with Crippen molar-refractivity contribution in [3.63, 3.8) is 0 Å².